The Balaban J connectivity index is 2.01. The van der Waals surface area contributed by atoms with E-state index in [4.69, 9.17) is 4.74 Å². The maximum atomic E-state index is 12.1. The molecule has 0 radical (unpaired) electrons. The summed E-state index contributed by atoms with van der Waals surface area (Å²) in [6.45, 7) is 10.8. The Kier molecular flexibility index (Phi) is 5.83. The van der Waals surface area contributed by atoms with Gasteiger partial charge in [0.1, 0.15) is 12.4 Å². The summed E-state index contributed by atoms with van der Waals surface area (Å²) < 4.78 is 5.95. The van der Waals surface area contributed by atoms with Gasteiger partial charge >= 0.3 is 0 Å². The second-order valence-corrected chi connectivity index (χ2v) is 7.01. The average Bonchev–Trinajstić information content (AvgIpc) is 2.98. The maximum absolute atomic E-state index is 12.1. The molecule has 0 aliphatic rings. The van der Waals surface area contributed by atoms with Gasteiger partial charge in [0.05, 0.1) is 4.88 Å². The van der Waals surface area contributed by atoms with E-state index in [9.17, 15) is 4.79 Å². The predicted octanol–water partition coefficient (Wildman–Crippen LogP) is 4.78. The number of benzene rings is 1. The van der Waals surface area contributed by atoms with Gasteiger partial charge in [-0.3, -0.25) is 4.79 Å². The SMILES string of the molecule is CCC(C)NC(=O)c1cc(COc2cc(C)cc(C)c2C)cs1. The third kappa shape index (κ3) is 4.58. The first-order chi connectivity index (χ1) is 10.9. The number of hydrogen-bond donors (Lipinski definition) is 1. The number of hydrogen-bond acceptors (Lipinski definition) is 3. The molecular formula is C19H25NO2S. The summed E-state index contributed by atoms with van der Waals surface area (Å²) in [5.41, 5.74) is 4.63. The Labute approximate surface area is 142 Å². The normalized spacial score (nSPS) is 12.0. The molecule has 0 saturated carbocycles. The number of aryl methyl sites for hydroxylation is 2. The molecule has 0 aliphatic heterocycles. The van der Waals surface area contributed by atoms with Crippen LogP contribution in [-0.4, -0.2) is 11.9 Å². The monoisotopic (exact) mass is 331 g/mol. The Morgan fingerprint density at radius 1 is 1.26 bits per heavy atom. The molecule has 1 atom stereocenters. The third-order valence-electron chi connectivity index (χ3n) is 4.03. The molecule has 1 unspecified atom stereocenters. The number of thiophene rings is 1. The molecule has 0 saturated heterocycles. The molecule has 2 aromatic rings. The van der Waals surface area contributed by atoms with E-state index >= 15 is 0 Å². The molecule has 124 valence electrons. The van der Waals surface area contributed by atoms with Crippen LogP contribution in [0.5, 0.6) is 5.75 Å². The van der Waals surface area contributed by atoms with Crippen molar-refractivity contribution in [1.29, 1.82) is 0 Å². The molecule has 1 amide bonds. The van der Waals surface area contributed by atoms with Crippen molar-refractivity contribution in [1.82, 2.24) is 5.32 Å². The summed E-state index contributed by atoms with van der Waals surface area (Å²) in [7, 11) is 0. The van der Waals surface area contributed by atoms with Gasteiger partial charge in [0.15, 0.2) is 0 Å². The molecule has 0 fully saturated rings. The van der Waals surface area contributed by atoms with Crippen LogP contribution in [0.4, 0.5) is 0 Å². The summed E-state index contributed by atoms with van der Waals surface area (Å²) >= 11 is 1.46. The molecule has 4 heteroatoms. The number of rotatable bonds is 6. The van der Waals surface area contributed by atoms with E-state index in [-0.39, 0.29) is 11.9 Å². The predicted molar refractivity (Wildman–Crippen MR) is 96.5 cm³/mol. The van der Waals surface area contributed by atoms with E-state index in [1.165, 1.54) is 28.0 Å². The van der Waals surface area contributed by atoms with Crippen LogP contribution in [0.15, 0.2) is 23.6 Å². The van der Waals surface area contributed by atoms with Crippen molar-refractivity contribution in [3.8, 4) is 5.75 Å². The molecule has 0 aliphatic carbocycles. The summed E-state index contributed by atoms with van der Waals surface area (Å²) in [4.78, 5) is 12.8. The van der Waals surface area contributed by atoms with E-state index in [0.29, 0.717) is 6.61 Å². The minimum atomic E-state index is -0.00168. The number of carbonyl (C=O) groups excluding carboxylic acids is 1. The Morgan fingerprint density at radius 2 is 2.00 bits per heavy atom. The Morgan fingerprint density at radius 3 is 2.70 bits per heavy atom. The molecule has 1 aromatic carbocycles. The lowest BCUT2D eigenvalue weighted by Gasteiger charge is -2.12. The van der Waals surface area contributed by atoms with Gasteiger partial charge < -0.3 is 10.1 Å². The Bertz CT molecular complexity index is 691. The Hall–Kier alpha value is -1.81. The van der Waals surface area contributed by atoms with E-state index in [2.05, 4.69) is 45.1 Å². The average molecular weight is 331 g/mol. The van der Waals surface area contributed by atoms with Crippen molar-refractivity contribution in [2.45, 2.75) is 53.7 Å². The van der Waals surface area contributed by atoms with E-state index < -0.39 is 0 Å². The molecule has 23 heavy (non-hydrogen) atoms. The van der Waals surface area contributed by atoms with Gasteiger partial charge in [-0.15, -0.1) is 11.3 Å². The summed E-state index contributed by atoms with van der Waals surface area (Å²) in [6.07, 6.45) is 0.930. The van der Waals surface area contributed by atoms with Crippen LogP contribution < -0.4 is 10.1 Å². The lowest BCUT2D eigenvalue weighted by Crippen LogP contribution is -2.31. The summed E-state index contributed by atoms with van der Waals surface area (Å²) in [5, 5.41) is 4.98. The zero-order chi connectivity index (χ0) is 17.0. The van der Waals surface area contributed by atoms with Crippen molar-refractivity contribution in [3.63, 3.8) is 0 Å². The molecule has 2 rings (SSSR count). The fourth-order valence-corrected chi connectivity index (χ4v) is 3.08. The summed E-state index contributed by atoms with van der Waals surface area (Å²) in [6, 6.07) is 6.33. The van der Waals surface area contributed by atoms with Crippen molar-refractivity contribution >= 4 is 17.2 Å². The molecule has 1 N–H and O–H groups in total. The third-order valence-corrected chi connectivity index (χ3v) is 5.00. The first-order valence-corrected chi connectivity index (χ1v) is 8.87. The number of ether oxygens (including phenoxy) is 1. The number of carbonyl (C=O) groups is 1. The zero-order valence-electron chi connectivity index (χ0n) is 14.5. The lowest BCUT2D eigenvalue weighted by atomic mass is 10.1. The van der Waals surface area contributed by atoms with Crippen LogP contribution in [0, 0.1) is 20.8 Å². The molecule has 1 heterocycles. The fourth-order valence-electron chi connectivity index (χ4n) is 2.28. The zero-order valence-corrected chi connectivity index (χ0v) is 15.3. The van der Waals surface area contributed by atoms with Crippen molar-refractivity contribution in [2.24, 2.45) is 0 Å². The quantitative estimate of drug-likeness (QED) is 0.827. The van der Waals surface area contributed by atoms with Crippen molar-refractivity contribution < 1.29 is 9.53 Å². The largest absolute Gasteiger partial charge is 0.489 e. The lowest BCUT2D eigenvalue weighted by molar-refractivity contribution is 0.0943. The van der Waals surface area contributed by atoms with Crippen molar-refractivity contribution in [3.05, 3.63) is 50.7 Å². The maximum Gasteiger partial charge on any atom is 0.261 e. The standard InChI is InChI=1S/C19H25NO2S/c1-6-14(4)20-19(21)18-9-16(11-23-18)10-22-17-8-12(2)7-13(3)15(17)5/h7-9,11,14H,6,10H2,1-5H3,(H,20,21). The second-order valence-electron chi connectivity index (χ2n) is 6.10. The number of amides is 1. The van der Waals surface area contributed by atoms with E-state index in [1.807, 2.05) is 18.4 Å². The van der Waals surface area contributed by atoms with Gasteiger partial charge in [-0.25, -0.2) is 0 Å². The summed E-state index contributed by atoms with van der Waals surface area (Å²) in [5.74, 6) is 0.914. The smallest absolute Gasteiger partial charge is 0.261 e. The first kappa shape index (κ1) is 17.5. The van der Waals surface area contributed by atoms with Crippen LogP contribution in [0.3, 0.4) is 0 Å². The molecular weight excluding hydrogens is 306 g/mol. The highest BCUT2D eigenvalue weighted by molar-refractivity contribution is 7.12. The van der Waals surface area contributed by atoms with Gasteiger partial charge in [0.25, 0.3) is 5.91 Å². The van der Waals surface area contributed by atoms with Gasteiger partial charge in [-0.1, -0.05) is 13.0 Å². The molecule has 0 bridgehead atoms. The van der Waals surface area contributed by atoms with Crippen LogP contribution in [-0.2, 0) is 6.61 Å². The van der Waals surface area contributed by atoms with Crippen LogP contribution in [0.1, 0.15) is 52.2 Å². The first-order valence-electron chi connectivity index (χ1n) is 7.99. The molecule has 1 aromatic heterocycles. The topological polar surface area (TPSA) is 38.3 Å². The molecule has 0 spiro atoms. The van der Waals surface area contributed by atoms with E-state index in [1.54, 1.807) is 0 Å². The minimum Gasteiger partial charge on any atom is -0.489 e. The van der Waals surface area contributed by atoms with E-state index in [0.717, 1.165) is 22.6 Å². The second kappa shape index (κ2) is 7.64. The van der Waals surface area contributed by atoms with Gasteiger partial charge in [0.2, 0.25) is 0 Å². The van der Waals surface area contributed by atoms with Gasteiger partial charge in [-0.05, 0) is 68.3 Å². The van der Waals surface area contributed by atoms with Crippen LogP contribution in [0.2, 0.25) is 0 Å². The van der Waals surface area contributed by atoms with Crippen LogP contribution >= 0.6 is 11.3 Å². The minimum absolute atomic E-state index is 0.00168. The highest BCUT2D eigenvalue weighted by Crippen LogP contribution is 2.25. The highest BCUT2D eigenvalue weighted by Gasteiger charge is 2.12. The van der Waals surface area contributed by atoms with Crippen LogP contribution in [0.25, 0.3) is 0 Å². The highest BCUT2D eigenvalue weighted by atomic mass is 32.1. The molecule has 3 nitrogen and oxygen atoms in total. The number of nitrogens with one attached hydrogen (secondary N) is 1. The van der Waals surface area contributed by atoms with Crippen molar-refractivity contribution in [2.75, 3.05) is 0 Å². The van der Waals surface area contributed by atoms with Gasteiger partial charge in [0, 0.05) is 11.6 Å². The fraction of sp³-hybridized carbons (Fsp3) is 0.421. The van der Waals surface area contributed by atoms with Gasteiger partial charge in [-0.2, -0.15) is 0 Å².